The molecule has 0 unspecified atom stereocenters. The molecule has 0 aliphatic heterocycles. The minimum atomic E-state index is -0.161. The van der Waals surface area contributed by atoms with Crippen molar-refractivity contribution >= 4 is 40.5 Å². The molecule has 0 heterocycles. The van der Waals surface area contributed by atoms with Crippen LogP contribution in [0, 0.1) is 5.92 Å². The maximum Gasteiger partial charge on any atom is 0.243 e. The summed E-state index contributed by atoms with van der Waals surface area (Å²) in [6.07, 6.45) is 0.481. The molecular formula is C19H22ClN3O2. The molecule has 5 nitrogen and oxygen atoms in total. The number of rotatable bonds is 7. The van der Waals surface area contributed by atoms with Gasteiger partial charge in [-0.1, -0.05) is 25.4 Å². The van der Waals surface area contributed by atoms with Crippen molar-refractivity contribution in [2.75, 3.05) is 22.5 Å². The van der Waals surface area contributed by atoms with Crippen LogP contribution in [0.25, 0.3) is 0 Å². The number of nitrogens with one attached hydrogen (secondary N) is 3. The minimum absolute atomic E-state index is 0.0149. The monoisotopic (exact) mass is 359 g/mol. The first-order valence-electron chi connectivity index (χ1n) is 8.11. The van der Waals surface area contributed by atoms with E-state index in [2.05, 4.69) is 16.0 Å². The molecule has 2 rings (SSSR count). The van der Waals surface area contributed by atoms with E-state index in [-0.39, 0.29) is 18.4 Å². The van der Waals surface area contributed by atoms with Crippen molar-refractivity contribution in [2.45, 2.75) is 20.3 Å². The van der Waals surface area contributed by atoms with E-state index >= 15 is 0 Å². The summed E-state index contributed by atoms with van der Waals surface area (Å²) in [4.78, 5) is 23.7. The number of amides is 2. The van der Waals surface area contributed by atoms with Crippen molar-refractivity contribution < 1.29 is 9.59 Å². The summed E-state index contributed by atoms with van der Waals surface area (Å²) in [5.74, 6) is 0.136. The fraction of sp³-hybridized carbons (Fsp3) is 0.263. The second kappa shape index (κ2) is 9.08. The van der Waals surface area contributed by atoms with E-state index in [0.29, 0.717) is 28.7 Å². The lowest BCUT2D eigenvalue weighted by atomic mass is 10.1. The Balaban J connectivity index is 1.80. The van der Waals surface area contributed by atoms with Crippen LogP contribution < -0.4 is 16.0 Å². The van der Waals surface area contributed by atoms with E-state index in [1.165, 1.54) is 0 Å². The molecule has 3 N–H and O–H groups in total. The number of carbonyl (C=O) groups is 2. The van der Waals surface area contributed by atoms with Gasteiger partial charge in [-0.2, -0.15) is 0 Å². The molecule has 0 aliphatic carbocycles. The van der Waals surface area contributed by atoms with Crippen molar-refractivity contribution in [1.82, 2.24) is 0 Å². The second-order valence-electron chi connectivity index (χ2n) is 6.13. The third kappa shape index (κ3) is 6.85. The highest BCUT2D eigenvalue weighted by atomic mass is 35.5. The van der Waals surface area contributed by atoms with Gasteiger partial charge in [0.15, 0.2) is 0 Å². The molecule has 0 aliphatic rings. The minimum Gasteiger partial charge on any atom is -0.376 e. The van der Waals surface area contributed by atoms with Crippen molar-refractivity contribution in [3.05, 3.63) is 53.6 Å². The summed E-state index contributed by atoms with van der Waals surface area (Å²) in [5.41, 5.74) is 2.20. The zero-order valence-corrected chi connectivity index (χ0v) is 15.1. The van der Waals surface area contributed by atoms with Crippen LogP contribution in [-0.4, -0.2) is 18.4 Å². The van der Waals surface area contributed by atoms with E-state index in [9.17, 15) is 9.59 Å². The van der Waals surface area contributed by atoms with Gasteiger partial charge < -0.3 is 16.0 Å². The fourth-order valence-electron chi connectivity index (χ4n) is 2.17. The Labute approximate surface area is 152 Å². The van der Waals surface area contributed by atoms with E-state index < -0.39 is 0 Å². The molecule has 0 bridgehead atoms. The lowest BCUT2D eigenvalue weighted by Gasteiger charge is -2.10. The zero-order chi connectivity index (χ0) is 18.2. The molecule has 2 amide bonds. The van der Waals surface area contributed by atoms with E-state index in [4.69, 9.17) is 11.6 Å². The third-order valence-electron chi connectivity index (χ3n) is 3.34. The number of hydrogen-bond donors (Lipinski definition) is 3. The van der Waals surface area contributed by atoms with Crippen LogP contribution in [0.2, 0.25) is 5.02 Å². The molecular weight excluding hydrogens is 338 g/mol. The van der Waals surface area contributed by atoms with Gasteiger partial charge in [-0.05, 0) is 54.4 Å². The van der Waals surface area contributed by atoms with Gasteiger partial charge >= 0.3 is 0 Å². The maximum absolute atomic E-state index is 12.0. The largest absolute Gasteiger partial charge is 0.376 e. The van der Waals surface area contributed by atoms with Gasteiger partial charge in [-0.25, -0.2) is 0 Å². The van der Waals surface area contributed by atoms with Crippen molar-refractivity contribution in [3.8, 4) is 0 Å². The quantitative estimate of drug-likeness (QED) is 0.687. The van der Waals surface area contributed by atoms with Crippen LogP contribution >= 0.6 is 11.6 Å². The van der Waals surface area contributed by atoms with Gasteiger partial charge in [0.05, 0.1) is 6.54 Å². The number of benzene rings is 2. The summed E-state index contributed by atoms with van der Waals surface area (Å²) in [7, 11) is 0. The molecule has 0 spiro atoms. The Morgan fingerprint density at radius 1 is 0.840 bits per heavy atom. The second-order valence-corrected chi connectivity index (χ2v) is 6.57. The Bertz CT molecular complexity index is 712. The molecule has 132 valence electrons. The summed E-state index contributed by atoms with van der Waals surface area (Å²) in [6, 6.07) is 14.2. The SMILES string of the molecule is CC(C)CC(=O)Nc1ccc(NC(=O)CNc2ccc(Cl)cc2)cc1. The predicted molar refractivity (Wildman–Crippen MR) is 103 cm³/mol. The molecule has 0 fully saturated rings. The first-order chi connectivity index (χ1) is 11.9. The third-order valence-corrected chi connectivity index (χ3v) is 3.60. The smallest absolute Gasteiger partial charge is 0.243 e. The molecule has 25 heavy (non-hydrogen) atoms. The molecule has 2 aromatic carbocycles. The normalized spacial score (nSPS) is 10.4. The predicted octanol–water partition coefficient (Wildman–Crippen LogP) is 4.38. The highest BCUT2D eigenvalue weighted by Crippen LogP contribution is 2.15. The van der Waals surface area contributed by atoms with E-state index in [0.717, 1.165) is 5.69 Å². The fourth-order valence-corrected chi connectivity index (χ4v) is 2.30. The van der Waals surface area contributed by atoms with Crippen molar-refractivity contribution in [1.29, 1.82) is 0 Å². The Kier molecular flexibility index (Phi) is 6.83. The maximum atomic E-state index is 12.0. The van der Waals surface area contributed by atoms with Gasteiger partial charge in [0.2, 0.25) is 11.8 Å². The molecule has 0 radical (unpaired) electrons. The standard InChI is InChI=1S/C19H22ClN3O2/c1-13(2)11-18(24)22-16-7-9-17(10-8-16)23-19(25)12-21-15-5-3-14(20)4-6-15/h3-10,13,21H,11-12H2,1-2H3,(H,22,24)(H,23,25). The number of hydrogen-bond acceptors (Lipinski definition) is 3. The summed E-state index contributed by atoms with van der Waals surface area (Å²) in [5, 5.41) is 9.29. The van der Waals surface area contributed by atoms with Crippen LogP contribution in [0.1, 0.15) is 20.3 Å². The molecule has 0 aromatic heterocycles. The highest BCUT2D eigenvalue weighted by molar-refractivity contribution is 6.30. The Hall–Kier alpha value is -2.53. The van der Waals surface area contributed by atoms with E-state index in [1.54, 1.807) is 36.4 Å². The summed E-state index contributed by atoms with van der Waals surface area (Å²) in [6.45, 7) is 4.14. The first-order valence-corrected chi connectivity index (χ1v) is 8.49. The summed E-state index contributed by atoms with van der Waals surface area (Å²) >= 11 is 5.82. The molecule has 6 heteroatoms. The number of carbonyl (C=O) groups excluding carboxylic acids is 2. The molecule has 0 saturated carbocycles. The van der Waals surface area contributed by atoms with Crippen molar-refractivity contribution in [3.63, 3.8) is 0 Å². The van der Waals surface area contributed by atoms with E-state index in [1.807, 2.05) is 26.0 Å². The van der Waals surface area contributed by atoms with Gasteiger partial charge in [0.25, 0.3) is 0 Å². The number of anilines is 3. The average molecular weight is 360 g/mol. The van der Waals surface area contributed by atoms with Gasteiger partial charge in [-0.15, -0.1) is 0 Å². The lowest BCUT2D eigenvalue weighted by molar-refractivity contribution is -0.117. The summed E-state index contributed by atoms with van der Waals surface area (Å²) < 4.78 is 0. The Morgan fingerprint density at radius 3 is 1.84 bits per heavy atom. The van der Waals surface area contributed by atoms with Gasteiger partial charge in [-0.3, -0.25) is 9.59 Å². The average Bonchev–Trinajstić information content (AvgIpc) is 2.55. The van der Waals surface area contributed by atoms with Crippen LogP contribution in [0.15, 0.2) is 48.5 Å². The highest BCUT2D eigenvalue weighted by Gasteiger charge is 2.06. The molecule has 0 atom stereocenters. The molecule has 0 saturated heterocycles. The zero-order valence-electron chi connectivity index (χ0n) is 14.3. The van der Waals surface area contributed by atoms with Gasteiger partial charge in [0, 0.05) is 28.5 Å². The first kappa shape index (κ1) is 18.8. The van der Waals surface area contributed by atoms with Gasteiger partial charge in [0.1, 0.15) is 0 Å². The Morgan fingerprint density at radius 2 is 1.32 bits per heavy atom. The van der Waals surface area contributed by atoms with Crippen LogP contribution in [0.4, 0.5) is 17.1 Å². The topological polar surface area (TPSA) is 70.2 Å². The molecule has 2 aromatic rings. The number of halogens is 1. The lowest BCUT2D eigenvalue weighted by Crippen LogP contribution is -2.21. The van der Waals surface area contributed by atoms with Crippen LogP contribution in [-0.2, 0) is 9.59 Å². The van der Waals surface area contributed by atoms with Crippen LogP contribution in [0.3, 0.4) is 0 Å². The van der Waals surface area contributed by atoms with Crippen LogP contribution in [0.5, 0.6) is 0 Å². The van der Waals surface area contributed by atoms with Crippen molar-refractivity contribution in [2.24, 2.45) is 5.92 Å².